The lowest BCUT2D eigenvalue weighted by Gasteiger charge is -2.35. The minimum absolute atomic E-state index is 0.0462. The van der Waals surface area contributed by atoms with Gasteiger partial charge in [0.1, 0.15) is 17.8 Å². The van der Waals surface area contributed by atoms with E-state index in [-0.39, 0.29) is 32.4 Å². The van der Waals surface area contributed by atoms with E-state index in [0.717, 1.165) is 39.9 Å². The molecule has 2 heterocycles. The molecular weight excluding hydrogens is 759 g/mol. The predicted octanol–water partition coefficient (Wildman–Crippen LogP) is 8.57. The number of nitrogens with one attached hydrogen (secondary N) is 2. The number of carbonyl (C=O) groups is 3. The Bertz CT molecular complexity index is 1480. The number of ether oxygens (including phenoxy) is 1. The Labute approximate surface area is 328 Å². The topological polar surface area (TPSA) is 121 Å². The largest absolute Gasteiger partial charge is 0.493 e. The molecule has 0 radical (unpaired) electrons. The molecule has 296 valence electrons. The smallest absolute Gasteiger partial charge is 0.258 e. The summed E-state index contributed by atoms with van der Waals surface area (Å²) in [4.78, 5) is 46.9. The van der Waals surface area contributed by atoms with Crippen LogP contribution in [-0.2, 0) is 20.9 Å². The lowest BCUT2D eigenvalue weighted by Crippen LogP contribution is -2.59. The van der Waals surface area contributed by atoms with Gasteiger partial charge in [0.25, 0.3) is 5.91 Å². The fourth-order valence-corrected chi connectivity index (χ4v) is 8.10. The third-order valence-corrected chi connectivity index (χ3v) is 12.0. The number of aromatic nitrogens is 1. The highest BCUT2D eigenvalue weighted by Crippen LogP contribution is 2.40. The van der Waals surface area contributed by atoms with Crippen molar-refractivity contribution in [1.82, 2.24) is 20.5 Å². The van der Waals surface area contributed by atoms with Gasteiger partial charge in [-0.2, -0.15) is 0 Å². The molecule has 1 saturated carbocycles. The maximum atomic E-state index is 14.6. The van der Waals surface area contributed by atoms with Crippen molar-refractivity contribution >= 4 is 45.0 Å². The summed E-state index contributed by atoms with van der Waals surface area (Å²) in [6, 6.07) is 3.98. The fourth-order valence-electron chi connectivity index (χ4n) is 6.90. The molecule has 3 atom stereocenters. The van der Waals surface area contributed by atoms with Crippen molar-refractivity contribution in [3.05, 3.63) is 35.0 Å². The third-order valence-electron chi connectivity index (χ3n) is 10.4. The summed E-state index contributed by atoms with van der Waals surface area (Å²) in [5.41, 5.74) is 1.89. The predicted molar refractivity (Wildman–Crippen MR) is 214 cm³/mol. The number of amides is 3. The highest BCUT2D eigenvalue weighted by atomic mass is 79.9. The zero-order valence-electron chi connectivity index (χ0n) is 32.3. The van der Waals surface area contributed by atoms with Crippen molar-refractivity contribution in [2.45, 2.75) is 161 Å². The minimum Gasteiger partial charge on any atom is -0.493 e. The van der Waals surface area contributed by atoms with Gasteiger partial charge in [0.05, 0.1) is 28.8 Å². The van der Waals surface area contributed by atoms with Crippen molar-refractivity contribution in [3.8, 4) is 16.2 Å². The monoisotopic (exact) mass is 820 g/mol. The van der Waals surface area contributed by atoms with Gasteiger partial charge in [-0.3, -0.25) is 14.4 Å². The molecule has 12 heteroatoms. The van der Waals surface area contributed by atoms with Gasteiger partial charge < -0.3 is 25.4 Å². The van der Waals surface area contributed by atoms with Crippen molar-refractivity contribution in [2.24, 2.45) is 5.41 Å². The number of halogens is 2. The number of hydrogen-bond acceptors (Lipinski definition) is 7. The summed E-state index contributed by atoms with van der Waals surface area (Å²) < 4.78 is 20.9. The van der Waals surface area contributed by atoms with Crippen molar-refractivity contribution < 1.29 is 28.6 Å². The number of hydrogen-bond donors (Lipinski definition) is 3. The van der Waals surface area contributed by atoms with Crippen LogP contribution in [0.15, 0.2) is 23.7 Å². The Morgan fingerprint density at radius 1 is 1.02 bits per heavy atom. The number of aryl methyl sites for hydroxylation is 1. The van der Waals surface area contributed by atoms with E-state index < -0.39 is 47.0 Å². The molecule has 1 aromatic heterocycles. The molecule has 1 aliphatic heterocycles. The number of aliphatic hydroxyl groups excluding tert-OH is 1. The Kier molecular flexibility index (Phi) is 17.0. The second-order valence-electron chi connectivity index (χ2n) is 16.1. The number of carbonyl (C=O) groups excluding carboxylic acids is 3. The first-order valence-electron chi connectivity index (χ1n) is 19.8. The first-order valence-corrected chi connectivity index (χ1v) is 21.8. The van der Waals surface area contributed by atoms with E-state index in [9.17, 15) is 23.9 Å². The van der Waals surface area contributed by atoms with Gasteiger partial charge in [-0.1, -0.05) is 119 Å². The highest BCUT2D eigenvalue weighted by Gasteiger charge is 2.53. The van der Waals surface area contributed by atoms with Gasteiger partial charge >= 0.3 is 0 Å². The number of likely N-dealkylation sites (tertiary alicyclic amines) is 1. The maximum Gasteiger partial charge on any atom is 0.258 e. The van der Waals surface area contributed by atoms with E-state index in [0.29, 0.717) is 12.4 Å². The number of rotatable bonds is 23. The molecule has 1 unspecified atom stereocenters. The number of alkyl halides is 2. The van der Waals surface area contributed by atoms with Crippen LogP contribution < -0.4 is 15.4 Å². The van der Waals surface area contributed by atoms with E-state index in [1.54, 1.807) is 32.1 Å². The SMILES string of the molecule is Cc1ncsc1-c1ccc(CNC(=O)[C@@H]2C[C@@H](O)CN2C(=O)C(NC(=O)C2(F)CC2)C(C)(C)C)c(OCCCCCCCCCCCCCCCBr)c1. The molecule has 9 nitrogen and oxygen atoms in total. The standard InChI is InChI=1S/C41H62BrFN4O5S/c1-29-35(53-28-45-29)30-18-19-31(34(24-30)52-23-17-15-13-11-9-7-5-6-8-10-12-14-16-22-42)26-44-37(49)33-25-32(48)27-47(33)38(50)36(40(2,3)4)46-39(51)41(43)20-21-41/h18-19,24,28,32-33,36,48H,5-17,20-23,25-27H2,1-4H3,(H,44,49)(H,46,51)/t32-,33+,36?/m1/s1. The van der Waals surface area contributed by atoms with Crippen LogP contribution in [0.25, 0.3) is 10.4 Å². The average molecular weight is 822 g/mol. The number of benzene rings is 1. The number of unbranched alkanes of at least 4 members (excludes halogenated alkanes) is 12. The van der Waals surface area contributed by atoms with Crippen molar-refractivity contribution in [2.75, 3.05) is 18.5 Å². The molecule has 2 aromatic rings. The van der Waals surface area contributed by atoms with Gasteiger partial charge in [0.2, 0.25) is 11.8 Å². The normalized spacial score (nSPS) is 18.5. The molecular formula is C41H62BrFN4O5S. The zero-order valence-corrected chi connectivity index (χ0v) is 34.7. The van der Waals surface area contributed by atoms with Crippen molar-refractivity contribution in [3.63, 3.8) is 0 Å². The molecule has 53 heavy (non-hydrogen) atoms. The molecule has 2 fully saturated rings. The van der Waals surface area contributed by atoms with E-state index in [1.807, 2.05) is 30.6 Å². The van der Waals surface area contributed by atoms with Gasteiger partial charge in [0.15, 0.2) is 5.67 Å². The second-order valence-corrected chi connectivity index (χ2v) is 17.7. The summed E-state index contributed by atoms with van der Waals surface area (Å²) in [5.74, 6) is -1.02. The van der Waals surface area contributed by atoms with Crippen LogP contribution in [0.1, 0.15) is 135 Å². The zero-order chi connectivity index (χ0) is 38.4. The molecule has 1 saturated heterocycles. The Morgan fingerprint density at radius 3 is 2.17 bits per heavy atom. The highest BCUT2D eigenvalue weighted by molar-refractivity contribution is 9.09. The summed E-state index contributed by atoms with van der Waals surface area (Å²) >= 11 is 5.07. The average Bonchev–Trinajstić information content (AvgIpc) is 3.53. The lowest BCUT2D eigenvalue weighted by atomic mass is 9.85. The Balaban J connectivity index is 1.29. The lowest BCUT2D eigenvalue weighted by molar-refractivity contribution is -0.145. The molecule has 2 aliphatic rings. The van der Waals surface area contributed by atoms with E-state index >= 15 is 0 Å². The van der Waals surface area contributed by atoms with Crippen LogP contribution in [0.4, 0.5) is 4.39 Å². The van der Waals surface area contributed by atoms with Crippen LogP contribution >= 0.6 is 27.3 Å². The van der Waals surface area contributed by atoms with Crippen LogP contribution in [0.2, 0.25) is 0 Å². The molecule has 0 spiro atoms. The third kappa shape index (κ3) is 13.3. The number of aliphatic hydroxyl groups is 1. The number of nitrogens with zero attached hydrogens (tertiary/aromatic N) is 2. The minimum atomic E-state index is -1.94. The van der Waals surface area contributed by atoms with Crippen molar-refractivity contribution in [1.29, 1.82) is 0 Å². The quantitative estimate of drug-likeness (QED) is 0.0764. The Hall–Kier alpha value is -2.57. The first-order chi connectivity index (χ1) is 25.3. The first kappa shape index (κ1) is 43.2. The van der Waals surface area contributed by atoms with E-state index in [2.05, 4.69) is 31.5 Å². The molecule has 3 amide bonds. The molecule has 4 rings (SSSR count). The second kappa shape index (κ2) is 20.9. The fraction of sp³-hybridized carbons (Fsp3) is 0.707. The molecule has 1 aliphatic carbocycles. The summed E-state index contributed by atoms with van der Waals surface area (Å²) in [6.45, 7) is 8.02. The molecule has 0 bridgehead atoms. The Morgan fingerprint density at radius 2 is 1.62 bits per heavy atom. The number of thiazole rings is 1. The van der Waals surface area contributed by atoms with E-state index in [1.165, 1.54) is 75.5 Å². The van der Waals surface area contributed by atoms with Crippen LogP contribution in [0.3, 0.4) is 0 Å². The van der Waals surface area contributed by atoms with Gasteiger partial charge in [-0.15, -0.1) is 11.3 Å². The van der Waals surface area contributed by atoms with Crippen LogP contribution in [0, 0.1) is 12.3 Å². The van der Waals surface area contributed by atoms with Gasteiger partial charge in [-0.05, 0) is 49.7 Å². The summed E-state index contributed by atoms with van der Waals surface area (Å²) in [6.07, 6.45) is 15.9. The van der Waals surface area contributed by atoms with Crippen LogP contribution in [0.5, 0.6) is 5.75 Å². The molecule has 3 N–H and O–H groups in total. The summed E-state index contributed by atoms with van der Waals surface area (Å²) in [5, 5.41) is 17.3. The maximum absolute atomic E-state index is 14.6. The number of β-amino-alcohol motifs (C(OH)–C–C–N with tert-alkyl or cyclic N) is 1. The van der Waals surface area contributed by atoms with Gasteiger partial charge in [0, 0.05) is 30.4 Å². The molecule has 1 aromatic carbocycles. The summed E-state index contributed by atoms with van der Waals surface area (Å²) in [7, 11) is 0. The van der Waals surface area contributed by atoms with E-state index in [4.69, 9.17) is 4.74 Å². The van der Waals surface area contributed by atoms with Crippen LogP contribution in [-0.4, -0.2) is 75.1 Å². The van der Waals surface area contributed by atoms with Gasteiger partial charge in [-0.25, -0.2) is 9.37 Å².